The standard InChI is InChI=1S/C22H31N3O3/c1-17(18-9-6-5-7-10-18)28-14-8-13-24-22(23-2)25-16-19-11-12-20(26-3)15-21(19)27-4/h5-7,9-12,15,17H,8,13-14,16H2,1-4H3,(H2,23,24,25). The van der Waals surface area contributed by atoms with Crippen LogP contribution in [0.2, 0.25) is 0 Å². The molecule has 152 valence electrons. The van der Waals surface area contributed by atoms with Gasteiger partial charge in [0.05, 0.1) is 20.3 Å². The minimum Gasteiger partial charge on any atom is -0.497 e. The number of nitrogens with one attached hydrogen (secondary N) is 2. The van der Waals surface area contributed by atoms with Crippen LogP contribution in [-0.4, -0.2) is 40.4 Å². The van der Waals surface area contributed by atoms with Gasteiger partial charge in [0.1, 0.15) is 11.5 Å². The first kappa shape index (κ1) is 21.6. The lowest BCUT2D eigenvalue weighted by Gasteiger charge is -2.16. The highest BCUT2D eigenvalue weighted by molar-refractivity contribution is 5.79. The second-order valence-corrected chi connectivity index (χ2v) is 6.31. The third-order valence-corrected chi connectivity index (χ3v) is 4.41. The van der Waals surface area contributed by atoms with Gasteiger partial charge in [-0.3, -0.25) is 4.99 Å². The van der Waals surface area contributed by atoms with Crippen molar-refractivity contribution >= 4 is 5.96 Å². The van der Waals surface area contributed by atoms with E-state index in [0.717, 1.165) is 36.0 Å². The zero-order valence-electron chi connectivity index (χ0n) is 17.2. The second kappa shape index (κ2) is 11.9. The Kier molecular flexibility index (Phi) is 9.15. The van der Waals surface area contributed by atoms with Gasteiger partial charge >= 0.3 is 0 Å². The van der Waals surface area contributed by atoms with Crippen LogP contribution < -0.4 is 20.1 Å². The van der Waals surface area contributed by atoms with Gasteiger partial charge in [-0.1, -0.05) is 30.3 Å². The minimum absolute atomic E-state index is 0.0983. The molecule has 0 heterocycles. The number of methoxy groups -OCH3 is 2. The van der Waals surface area contributed by atoms with Crippen LogP contribution >= 0.6 is 0 Å². The summed E-state index contributed by atoms with van der Waals surface area (Å²) in [5.74, 6) is 2.30. The van der Waals surface area contributed by atoms with E-state index >= 15 is 0 Å². The fourth-order valence-corrected chi connectivity index (χ4v) is 2.76. The third-order valence-electron chi connectivity index (χ3n) is 4.41. The molecule has 0 radical (unpaired) electrons. The van der Waals surface area contributed by atoms with Crippen LogP contribution in [-0.2, 0) is 11.3 Å². The van der Waals surface area contributed by atoms with Gasteiger partial charge < -0.3 is 24.8 Å². The zero-order chi connectivity index (χ0) is 20.2. The summed E-state index contributed by atoms with van der Waals surface area (Å²) in [6, 6.07) is 16.0. The molecule has 0 bridgehead atoms. The van der Waals surface area contributed by atoms with E-state index in [9.17, 15) is 0 Å². The Balaban J connectivity index is 1.70. The molecule has 2 aromatic carbocycles. The lowest BCUT2D eigenvalue weighted by molar-refractivity contribution is 0.0646. The number of rotatable bonds is 10. The SMILES string of the molecule is CN=C(NCCCOC(C)c1ccccc1)NCc1ccc(OC)cc1OC. The molecule has 2 N–H and O–H groups in total. The van der Waals surface area contributed by atoms with Crippen LogP contribution in [0.3, 0.4) is 0 Å². The molecule has 0 aliphatic rings. The smallest absolute Gasteiger partial charge is 0.191 e. The molecule has 2 aromatic rings. The number of aliphatic imine (C=N–C) groups is 1. The molecule has 0 aromatic heterocycles. The van der Waals surface area contributed by atoms with Gasteiger partial charge in [0.15, 0.2) is 5.96 Å². The van der Waals surface area contributed by atoms with Gasteiger partial charge in [-0.25, -0.2) is 0 Å². The average Bonchev–Trinajstić information content (AvgIpc) is 2.75. The van der Waals surface area contributed by atoms with E-state index in [0.29, 0.717) is 13.2 Å². The summed E-state index contributed by atoms with van der Waals surface area (Å²) in [6.07, 6.45) is 0.991. The van der Waals surface area contributed by atoms with Gasteiger partial charge in [-0.15, -0.1) is 0 Å². The van der Waals surface area contributed by atoms with Crippen LogP contribution in [0.4, 0.5) is 0 Å². The minimum atomic E-state index is 0.0983. The first-order chi connectivity index (χ1) is 13.7. The van der Waals surface area contributed by atoms with Crippen molar-refractivity contribution in [3.8, 4) is 11.5 Å². The van der Waals surface area contributed by atoms with Crippen molar-refractivity contribution in [3.05, 3.63) is 59.7 Å². The fraction of sp³-hybridized carbons (Fsp3) is 0.409. The Hall–Kier alpha value is -2.73. The molecule has 6 heteroatoms. The molecule has 0 fully saturated rings. The highest BCUT2D eigenvalue weighted by Crippen LogP contribution is 2.24. The number of benzene rings is 2. The van der Waals surface area contributed by atoms with E-state index in [-0.39, 0.29) is 6.10 Å². The summed E-state index contributed by atoms with van der Waals surface area (Å²) in [4.78, 5) is 4.26. The van der Waals surface area contributed by atoms with Crippen molar-refractivity contribution in [1.82, 2.24) is 10.6 Å². The van der Waals surface area contributed by atoms with E-state index in [1.165, 1.54) is 5.56 Å². The van der Waals surface area contributed by atoms with E-state index in [1.807, 2.05) is 36.4 Å². The lowest BCUT2D eigenvalue weighted by Crippen LogP contribution is -2.37. The molecular formula is C22H31N3O3. The Labute approximate surface area is 167 Å². The summed E-state index contributed by atoms with van der Waals surface area (Å²) < 4.78 is 16.6. The number of nitrogens with zero attached hydrogens (tertiary/aromatic N) is 1. The van der Waals surface area contributed by atoms with E-state index < -0.39 is 0 Å². The summed E-state index contributed by atoms with van der Waals surface area (Å²) in [6.45, 7) is 4.15. The monoisotopic (exact) mass is 385 g/mol. The second-order valence-electron chi connectivity index (χ2n) is 6.31. The number of hydrogen-bond donors (Lipinski definition) is 2. The molecular weight excluding hydrogens is 354 g/mol. The molecule has 0 saturated heterocycles. The first-order valence-electron chi connectivity index (χ1n) is 9.50. The molecule has 0 aliphatic heterocycles. The van der Waals surface area contributed by atoms with Crippen LogP contribution in [0, 0.1) is 0 Å². The Bertz CT molecular complexity index is 735. The van der Waals surface area contributed by atoms with Gasteiger partial charge in [0.25, 0.3) is 0 Å². The Morgan fingerprint density at radius 3 is 2.50 bits per heavy atom. The van der Waals surface area contributed by atoms with Crippen molar-refractivity contribution in [1.29, 1.82) is 0 Å². The van der Waals surface area contributed by atoms with Gasteiger partial charge in [0, 0.05) is 38.4 Å². The molecule has 0 amide bonds. The summed E-state index contributed by atoms with van der Waals surface area (Å²) in [5.41, 5.74) is 2.23. The maximum Gasteiger partial charge on any atom is 0.191 e. The van der Waals surface area contributed by atoms with Crippen molar-refractivity contribution < 1.29 is 14.2 Å². The van der Waals surface area contributed by atoms with Gasteiger partial charge in [-0.05, 0) is 31.0 Å². The van der Waals surface area contributed by atoms with Gasteiger partial charge in [0.2, 0.25) is 0 Å². The molecule has 6 nitrogen and oxygen atoms in total. The normalized spacial score (nSPS) is 12.4. The van der Waals surface area contributed by atoms with E-state index in [4.69, 9.17) is 14.2 Å². The molecule has 0 saturated carbocycles. The maximum atomic E-state index is 5.90. The maximum absolute atomic E-state index is 5.90. The lowest BCUT2D eigenvalue weighted by atomic mass is 10.1. The Morgan fingerprint density at radius 1 is 1.04 bits per heavy atom. The average molecular weight is 386 g/mol. The number of guanidine groups is 1. The topological polar surface area (TPSA) is 64.1 Å². The third kappa shape index (κ3) is 6.78. The molecule has 1 unspecified atom stereocenters. The number of ether oxygens (including phenoxy) is 3. The van der Waals surface area contributed by atoms with Crippen LogP contribution in [0.5, 0.6) is 11.5 Å². The molecule has 2 rings (SSSR count). The summed E-state index contributed by atoms with van der Waals surface area (Å²) in [5, 5.41) is 6.61. The quantitative estimate of drug-likeness (QED) is 0.372. The van der Waals surface area contributed by atoms with Crippen LogP contribution in [0.1, 0.15) is 30.6 Å². The molecule has 0 aliphatic carbocycles. The number of hydrogen-bond acceptors (Lipinski definition) is 4. The predicted octanol–water partition coefficient (Wildman–Crippen LogP) is 3.54. The fourth-order valence-electron chi connectivity index (χ4n) is 2.76. The molecule has 1 atom stereocenters. The van der Waals surface area contributed by atoms with Gasteiger partial charge in [-0.2, -0.15) is 0 Å². The van der Waals surface area contributed by atoms with E-state index in [2.05, 4.69) is 34.7 Å². The van der Waals surface area contributed by atoms with Crippen LogP contribution in [0.15, 0.2) is 53.5 Å². The van der Waals surface area contributed by atoms with Crippen LogP contribution in [0.25, 0.3) is 0 Å². The summed E-state index contributed by atoms with van der Waals surface area (Å²) >= 11 is 0. The molecule has 0 spiro atoms. The van der Waals surface area contributed by atoms with Crippen molar-refractivity contribution in [3.63, 3.8) is 0 Å². The first-order valence-corrected chi connectivity index (χ1v) is 9.50. The highest BCUT2D eigenvalue weighted by Gasteiger charge is 2.07. The van der Waals surface area contributed by atoms with Crippen molar-refractivity contribution in [2.75, 3.05) is 34.4 Å². The zero-order valence-corrected chi connectivity index (χ0v) is 17.2. The largest absolute Gasteiger partial charge is 0.497 e. The predicted molar refractivity (Wildman–Crippen MR) is 113 cm³/mol. The van der Waals surface area contributed by atoms with E-state index in [1.54, 1.807) is 21.3 Å². The van der Waals surface area contributed by atoms with Crippen molar-refractivity contribution in [2.24, 2.45) is 4.99 Å². The highest BCUT2D eigenvalue weighted by atomic mass is 16.5. The Morgan fingerprint density at radius 2 is 1.82 bits per heavy atom. The molecule has 28 heavy (non-hydrogen) atoms. The summed E-state index contributed by atoms with van der Waals surface area (Å²) in [7, 11) is 5.05. The van der Waals surface area contributed by atoms with Crippen molar-refractivity contribution in [2.45, 2.75) is 26.0 Å².